The zero-order valence-electron chi connectivity index (χ0n) is 14.8. The van der Waals surface area contributed by atoms with Crippen LogP contribution in [0.15, 0.2) is 47.7 Å². The molecule has 0 N–H and O–H groups in total. The summed E-state index contributed by atoms with van der Waals surface area (Å²) in [6.07, 6.45) is -7.49. The summed E-state index contributed by atoms with van der Waals surface area (Å²) in [5, 5.41) is 1.49. The first-order valence-electron chi connectivity index (χ1n) is 8.29. The largest absolute Gasteiger partial charge is 0.476 e. The highest BCUT2D eigenvalue weighted by Gasteiger charge is 2.69. The van der Waals surface area contributed by atoms with E-state index in [1.54, 1.807) is 36.4 Å². The number of ether oxygens (including phenoxy) is 4. The smallest absolute Gasteiger partial charge is 0.461 e. The summed E-state index contributed by atoms with van der Waals surface area (Å²) in [7, 11) is 2.16. The van der Waals surface area contributed by atoms with Crippen LogP contribution in [0.4, 0.5) is 22.0 Å². The molecule has 4 nitrogen and oxygen atoms in total. The molecular formula is C19H15F5O4. The summed E-state index contributed by atoms with van der Waals surface area (Å²) < 4.78 is 88.5. The molecule has 0 saturated carbocycles. The molecule has 2 aromatic carbocycles. The first-order chi connectivity index (χ1) is 13.1. The lowest BCUT2D eigenvalue weighted by Gasteiger charge is -2.34. The van der Waals surface area contributed by atoms with E-state index in [1.807, 2.05) is 0 Å². The molecule has 2 aliphatic rings. The van der Waals surface area contributed by atoms with Gasteiger partial charge in [-0.15, -0.1) is 0 Å². The summed E-state index contributed by atoms with van der Waals surface area (Å²) >= 11 is 0. The number of benzene rings is 2. The van der Waals surface area contributed by atoms with Crippen LogP contribution in [0, 0.1) is 0 Å². The fraction of sp³-hybridized carbons (Fsp3) is 0.368. The van der Waals surface area contributed by atoms with Crippen LogP contribution in [0.1, 0.15) is 5.56 Å². The molecule has 150 valence electrons. The fourth-order valence-electron chi connectivity index (χ4n) is 3.61. The van der Waals surface area contributed by atoms with Crippen molar-refractivity contribution in [2.45, 2.75) is 30.6 Å². The normalized spacial score (nSPS) is 21.2. The summed E-state index contributed by atoms with van der Waals surface area (Å²) in [6, 6.07) is 10.5. The van der Waals surface area contributed by atoms with Crippen LogP contribution in [0.2, 0.25) is 0 Å². The monoisotopic (exact) mass is 402 g/mol. The van der Waals surface area contributed by atoms with Gasteiger partial charge in [-0.2, -0.15) is 22.0 Å². The molecule has 0 bridgehead atoms. The second-order valence-corrected chi connectivity index (χ2v) is 6.48. The standard InChI is InChI=1S/C19H15F5O4/c1-25-18(26-2)16-13(15(28-18)17(20,21)19(22,23)24)9-12-11-6-4-3-5-10(11)7-8-14(12)27-16/h3-8,16H,9H2,1-2H3. The van der Waals surface area contributed by atoms with Gasteiger partial charge in [0.1, 0.15) is 5.75 Å². The van der Waals surface area contributed by atoms with Crippen molar-refractivity contribution in [1.82, 2.24) is 0 Å². The molecule has 0 fully saturated rings. The zero-order valence-corrected chi connectivity index (χ0v) is 14.8. The third-order valence-electron chi connectivity index (χ3n) is 4.99. The Balaban J connectivity index is 1.93. The predicted molar refractivity (Wildman–Crippen MR) is 87.9 cm³/mol. The fourth-order valence-corrected chi connectivity index (χ4v) is 3.61. The summed E-state index contributed by atoms with van der Waals surface area (Å²) in [5.41, 5.74) is 0.126. The van der Waals surface area contributed by atoms with Crippen LogP contribution < -0.4 is 4.74 Å². The molecule has 9 heteroatoms. The number of methoxy groups -OCH3 is 2. The zero-order chi connectivity index (χ0) is 20.3. The molecular weight excluding hydrogens is 387 g/mol. The average Bonchev–Trinajstić information content (AvgIpc) is 3.00. The van der Waals surface area contributed by atoms with Crippen molar-refractivity contribution in [3.8, 4) is 5.75 Å². The molecule has 2 aromatic rings. The molecule has 2 aliphatic heterocycles. The Morgan fingerprint density at radius 3 is 2.32 bits per heavy atom. The molecule has 28 heavy (non-hydrogen) atoms. The van der Waals surface area contributed by atoms with Crippen LogP contribution in [-0.4, -0.2) is 38.4 Å². The Hall–Kier alpha value is -2.39. The summed E-state index contributed by atoms with van der Waals surface area (Å²) in [4.78, 5) is 0. The van der Waals surface area contributed by atoms with Crippen molar-refractivity contribution in [3.05, 3.63) is 53.3 Å². The molecule has 0 spiro atoms. The van der Waals surface area contributed by atoms with Crippen molar-refractivity contribution in [3.63, 3.8) is 0 Å². The highest BCUT2D eigenvalue weighted by molar-refractivity contribution is 5.88. The van der Waals surface area contributed by atoms with Gasteiger partial charge >= 0.3 is 18.1 Å². The minimum absolute atomic E-state index is 0.225. The second kappa shape index (κ2) is 6.05. The van der Waals surface area contributed by atoms with Crippen molar-refractivity contribution in [1.29, 1.82) is 0 Å². The van der Waals surface area contributed by atoms with Crippen LogP contribution in [0.5, 0.6) is 5.75 Å². The Morgan fingerprint density at radius 2 is 1.68 bits per heavy atom. The van der Waals surface area contributed by atoms with Crippen molar-refractivity contribution in [2.75, 3.05) is 14.2 Å². The molecule has 0 amide bonds. The number of halogens is 5. The molecule has 1 atom stereocenters. The maximum Gasteiger partial charge on any atom is 0.461 e. The minimum atomic E-state index is -5.85. The lowest BCUT2D eigenvalue weighted by atomic mass is 9.91. The number of rotatable bonds is 3. The number of allylic oxidation sites excluding steroid dienone is 1. The van der Waals surface area contributed by atoms with Gasteiger partial charge < -0.3 is 18.9 Å². The second-order valence-electron chi connectivity index (χ2n) is 6.48. The number of hydrogen-bond donors (Lipinski definition) is 0. The van der Waals surface area contributed by atoms with Gasteiger partial charge in [0.25, 0.3) is 0 Å². The molecule has 4 rings (SSSR count). The highest BCUT2D eigenvalue weighted by atomic mass is 19.4. The molecule has 0 saturated heterocycles. The Labute approximate surface area is 156 Å². The van der Waals surface area contributed by atoms with E-state index in [2.05, 4.69) is 0 Å². The highest BCUT2D eigenvalue weighted by Crippen LogP contribution is 2.53. The van der Waals surface area contributed by atoms with E-state index in [0.29, 0.717) is 16.7 Å². The van der Waals surface area contributed by atoms with Gasteiger partial charge in [0.15, 0.2) is 5.76 Å². The molecule has 0 aliphatic carbocycles. The lowest BCUT2D eigenvalue weighted by molar-refractivity contribution is -0.376. The van der Waals surface area contributed by atoms with Gasteiger partial charge in [0.2, 0.25) is 6.10 Å². The van der Waals surface area contributed by atoms with E-state index in [0.717, 1.165) is 19.6 Å². The van der Waals surface area contributed by atoms with Crippen molar-refractivity contribution in [2.24, 2.45) is 0 Å². The molecule has 0 aromatic heterocycles. The quantitative estimate of drug-likeness (QED) is 0.557. The van der Waals surface area contributed by atoms with E-state index in [4.69, 9.17) is 18.9 Å². The number of fused-ring (bicyclic) bond motifs is 4. The van der Waals surface area contributed by atoms with Crippen molar-refractivity contribution >= 4 is 10.8 Å². The van der Waals surface area contributed by atoms with Gasteiger partial charge in [-0.05, 0) is 16.8 Å². The van der Waals surface area contributed by atoms with Gasteiger partial charge in [-0.1, -0.05) is 30.3 Å². The SMILES string of the molecule is COC1(OC)OC(C(F)(F)C(F)(F)F)=C2Cc3c(ccc4ccccc34)OC21. The topological polar surface area (TPSA) is 36.9 Å². The van der Waals surface area contributed by atoms with Gasteiger partial charge in [0.05, 0.1) is 0 Å². The number of hydrogen-bond acceptors (Lipinski definition) is 4. The third kappa shape index (κ3) is 2.49. The van der Waals surface area contributed by atoms with E-state index in [1.165, 1.54) is 0 Å². The van der Waals surface area contributed by atoms with Gasteiger partial charge in [-0.3, -0.25) is 0 Å². The van der Waals surface area contributed by atoms with Crippen LogP contribution in [-0.2, 0) is 20.6 Å². The predicted octanol–water partition coefficient (Wildman–Crippen LogP) is 4.57. The molecule has 0 radical (unpaired) electrons. The van der Waals surface area contributed by atoms with Crippen molar-refractivity contribution < 1.29 is 40.9 Å². The first kappa shape index (κ1) is 18.9. The Morgan fingerprint density at radius 1 is 1.00 bits per heavy atom. The average molecular weight is 402 g/mol. The molecule has 2 heterocycles. The van der Waals surface area contributed by atoms with Gasteiger partial charge in [-0.25, -0.2) is 0 Å². The summed E-state index contributed by atoms with van der Waals surface area (Å²) in [6.45, 7) is 0. The number of alkyl halides is 5. The van der Waals surface area contributed by atoms with Crippen LogP contribution >= 0.6 is 0 Å². The lowest BCUT2D eigenvalue weighted by Crippen LogP contribution is -2.49. The summed E-state index contributed by atoms with van der Waals surface area (Å²) in [5.74, 6) is -8.69. The van der Waals surface area contributed by atoms with Gasteiger partial charge in [0, 0.05) is 31.8 Å². The van der Waals surface area contributed by atoms with Crippen LogP contribution in [0.3, 0.4) is 0 Å². The molecule has 1 unspecified atom stereocenters. The first-order valence-corrected chi connectivity index (χ1v) is 8.29. The maximum atomic E-state index is 14.2. The van der Waals surface area contributed by atoms with E-state index >= 15 is 0 Å². The maximum absolute atomic E-state index is 14.2. The van der Waals surface area contributed by atoms with E-state index in [-0.39, 0.29) is 12.0 Å². The Kier molecular flexibility index (Phi) is 4.10. The Bertz CT molecular complexity index is 962. The van der Waals surface area contributed by atoms with Crippen LogP contribution in [0.25, 0.3) is 10.8 Å². The third-order valence-corrected chi connectivity index (χ3v) is 4.99. The minimum Gasteiger partial charge on any atom is -0.476 e. The van der Waals surface area contributed by atoms with E-state index in [9.17, 15) is 22.0 Å². The van der Waals surface area contributed by atoms with E-state index < -0.39 is 29.9 Å².